The Kier molecular flexibility index (Phi) is 9.24. The number of hydrogen-bond acceptors (Lipinski definition) is 5. The molecule has 0 aliphatic carbocycles. The summed E-state index contributed by atoms with van der Waals surface area (Å²) in [5.41, 5.74) is 0.828. The van der Waals surface area contributed by atoms with Gasteiger partial charge < -0.3 is 19.7 Å². The van der Waals surface area contributed by atoms with Crippen LogP contribution in [0, 0.1) is 0 Å². The molecule has 0 aromatic heterocycles. The molecule has 7 heteroatoms. The van der Waals surface area contributed by atoms with E-state index in [-0.39, 0.29) is 37.9 Å². The van der Waals surface area contributed by atoms with Gasteiger partial charge in [0.1, 0.15) is 6.54 Å². The minimum atomic E-state index is -0.470. The van der Waals surface area contributed by atoms with Crippen molar-refractivity contribution in [1.29, 1.82) is 0 Å². The molecule has 1 rings (SSSR count). The van der Waals surface area contributed by atoms with Crippen molar-refractivity contribution < 1.29 is 23.9 Å². The van der Waals surface area contributed by atoms with Gasteiger partial charge >= 0.3 is 5.97 Å². The summed E-state index contributed by atoms with van der Waals surface area (Å²) in [5.74, 6) is -0.953. The zero-order valence-electron chi connectivity index (χ0n) is 15.0. The highest BCUT2D eigenvalue weighted by Crippen LogP contribution is 2.18. The van der Waals surface area contributed by atoms with E-state index in [1.807, 2.05) is 30.3 Å². The molecule has 2 amide bonds. The van der Waals surface area contributed by atoms with Crippen LogP contribution in [0.2, 0.25) is 0 Å². The highest BCUT2D eigenvalue weighted by Gasteiger charge is 2.23. The van der Waals surface area contributed by atoms with Crippen LogP contribution in [-0.4, -0.2) is 56.1 Å². The largest absolute Gasteiger partial charge is 0.465 e. The molecule has 1 atom stereocenters. The molecular weight excluding hydrogens is 324 g/mol. The van der Waals surface area contributed by atoms with Crippen molar-refractivity contribution in [1.82, 2.24) is 10.2 Å². The predicted molar refractivity (Wildman–Crippen MR) is 92.7 cm³/mol. The molecule has 0 fully saturated rings. The third kappa shape index (κ3) is 7.80. The van der Waals surface area contributed by atoms with E-state index in [1.54, 1.807) is 6.92 Å². The lowest BCUT2D eigenvalue weighted by Gasteiger charge is -2.25. The van der Waals surface area contributed by atoms with Gasteiger partial charge in [0.2, 0.25) is 11.8 Å². The fourth-order valence-corrected chi connectivity index (χ4v) is 2.34. The average Bonchev–Trinajstić information content (AvgIpc) is 2.58. The van der Waals surface area contributed by atoms with Gasteiger partial charge in [-0.05, 0) is 12.5 Å². The highest BCUT2D eigenvalue weighted by molar-refractivity contribution is 5.83. The first-order chi connectivity index (χ1) is 12.0. The third-order valence-electron chi connectivity index (χ3n) is 3.50. The number of carbonyl (C=O) groups is 3. The summed E-state index contributed by atoms with van der Waals surface area (Å²) in [4.78, 5) is 37.3. The van der Waals surface area contributed by atoms with Crippen molar-refractivity contribution >= 4 is 17.8 Å². The van der Waals surface area contributed by atoms with Crippen LogP contribution < -0.4 is 5.32 Å². The molecule has 0 saturated heterocycles. The Hall–Kier alpha value is -2.41. The molecule has 0 bridgehead atoms. The minimum absolute atomic E-state index is 0.0483. The summed E-state index contributed by atoms with van der Waals surface area (Å²) in [5, 5.41) is 2.78. The summed E-state index contributed by atoms with van der Waals surface area (Å²) >= 11 is 0. The molecule has 0 saturated carbocycles. The van der Waals surface area contributed by atoms with Gasteiger partial charge in [-0.15, -0.1) is 0 Å². The number of nitrogens with one attached hydrogen (secondary N) is 1. The first-order valence-corrected chi connectivity index (χ1v) is 8.22. The maximum Gasteiger partial charge on any atom is 0.325 e. The van der Waals surface area contributed by atoms with Crippen LogP contribution in [0.15, 0.2) is 30.3 Å². The average molecular weight is 350 g/mol. The quantitative estimate of drug-likeness (QED) is 0.643. The Balaban J connectivity index is 2.84. The maximum absolute atomic E-state index is 12.7. The number of methoxy groups -OCH3 is 1. The highest BCUT2D eigenvalue weighted by atomic mass is 16.5. The van der Waals surface area contributed by atoms with Gasteiger partial charge in [0.15, 0.2) is 0 Å². The van der Waals surface area contributed by atoms with Crippen LogP contribution in [0.25, 0.3) is 0 Å². The molecule has 1 unspecified atom stereocenters. The first-order valence-electron chi connectivity index (χ1n) is 8.22. The summed E-state index contributed by atoms with van der Waals surface area (Å²) in [7, 11) is 1.52. The van der Waals surface area contributed by atoms with Crippen LogP contribution >= 0.6 is 0 Å². The normalized spacial score (nSPS) is 11.5. The van der Waals surface area contributed by atoms with Crippen molar-refractivity contribution in [3.05, 3.63) is 35.9 Å². The molecule has 0 heterocycles. The van der Waals surface area contributed by atoms with Crippen LogP contribution in [0.1, 0.15) is 31.9 Å². The maximum atomic E-state index is 12.7. The summed E-state index contributed by atoms with van der Waals surface area (Å²) in [6, 6.07) is 8.78. The third-order valence-corrected chi connectivity index (χ3v) is 3.50. The summed E-state index contributed by atoms with van der Waals surface area (Å²) in [6.07, 6.45) is 0.0483. The molecule has 138 valence electrons. The topological polar surface area (TPSA) is 84.9 Å². The van der Waals surface area contributed by atoms with Crippen molar-refractivity contribution in [2.24, 2.45) is 0 Å². The molecule has 1 aromatic carbocycles. The molecule has 1 aromatic rings. The van der Waals surface area contributed by atoms with Gasteiger partial charge in [0.25, 0.3) is 0 Å². The summed E-state index contributed by atoms with van der Waals surface area (Å²) in [6.45, 7) is 3.81. The second-order valence-electron chi connectivity index (χ2n) is 5.48. The lowest BCUT2D eigenvalue weighted by molar-refractivity contribution is -0.149. The Labute approximate surface area is 148 Å². The van der Waals surface area contributed by atoms with Crippen LogP contribution in [0.5, 0.6) is 0 Å². The molecule has 1 N–H and O–H groups in total. The van der Waals surface area contributed by atoms with Crippen molar-refractivity contribution in [3.8, 4) is 0 Å². The van der Waals surface area contributed by atoms with Gasteiger partial charge in [-0.1, -0.05) is 30.3 Å². The van der Waals surface area contributed by atoms with E-state index in [9.17, 15) is 14.4 Å². The van der Waals surface area contributed by atoms with Gasteiger partial charge in [-0.25, -0.2) is 0 Å². The van der Waals surface area contributed by atoms with Crippen molar-refractivity contribution in [3.63, 3.8) is 0 Å². The Morgan fingerprint density at radius 1 is 1.20 bits per heavy atom. The van der Waals surface area contributed by atoms with E-state index < -0.39 is 12.0 Å². The fraction of sp³-hybridized carbons (Fsp3) is 0.500. The van der Waals surface area contributed by atoms with E-state index in [0.717, 1.165) is 5.56 Å². The zero-order valence-corrected chi connectivity index (χ0v) is 15.0. The fourth-order valence-electron chi connectivity index (χ4n) is 2.34. The first kappa shape index (κ1) is 20.6. The van der Waals surface area contributed by atoms with E-state index in [4.69, 9.17) is 9.47 Å². The van der Waals surface area contributed by atoms with E-state index in [1.165, 1.54) is 18.9 Å². The Morgan fingerprint density at radius 2 is 1.88 bits per heavy atom. The molecule has 7 nitrogen and oxygen atoms in total. The van der Waals surface area contributed by atoms with Gasteiger partial charge in [-0.2, -0.15) is 0 Å². The molecule has 0 aliphatic rings. The predicted octanol–water partition coefficient (Wildman–Crippen LogP) is 1.29. The Morgan fingerprint density at radius 3 is 2.44 bits per heavy atom. The van der Waals surface area contributed by atoms with E-state index in [2.05, 4.69) is 5.32 Å². The molecular formula is C18H26N2O5. The molecule has 0 spiro atoms. The van der Waals surface area contributed by atoms with Crippen LogP contribution in [0.4, 0.5) is 0 Å². The van der Waals surface area contributed by atoms with Gasteiger partial charge in [0.05, 0.1) is 25.7 Å². The van der Waals surface area contributed by atoms with Crippen LogP contribution in [0.3, 0.4) is 0 Å². The van der Waals surface area contributed by atoms with Gasteiger partial charge in [0, 0.05) is 20.6 Å². The lowest BCUT2D eigenvalue weighted by atomic mass is 10.0. The number of ether oxygens (including phenoxy) is 2. The van der Waals surface area contributed by atoms with Crippen molar-refractivity contribution in [2.45, 2.75) is 26.3 Å². The number of esters is 1. The minimum Gasteiger partial charge on any atom is -0.465 e. The van der Waals surface area contributed by atoms with E-state index >= 15 is 0 Å². The summed E-state index contributed by atoms with van der Waals surface area (Å²) < 4.78 is 9.92. The standard InChI is InChI=1S/C18H26N2O5/c1-4-25-18(23)13-20(10-11-24-3)17(22)12-16(19-14(2)21)15-8-6-5-7-9-15/h5-9,16H,4,10-13H2,1-3H3,(H,19,21). The second kappa shape index (κ2) is 11.2. The number of hydrogen-bond donors (Lipinski definition) is 1. The van der Waals surface area contributed by atoms with Crippen LogP contribution in [-0.2, 0) is 23.9 Å². The smallest absolute Gasteiger partial charge is 0.325 e. The number of amides is 2. The number of carbonyl (C=O) groups excluding carboxylic acids is 3. The molecule has 25 heavy (non-hydrogen) atoms. The lowest BCUT2D eigenvalue weighted by Crippen LogP contribution is -2.41. The SMILES string of the molecule is CCOC(=O)CN(CCOC)C(=O)CC(NC(C)=O)c1ccccc1. The van der Waals surface area contributed by atoms with Crippen molar-refractivity contribution in [2.75, 3.05) is 33.4 Å². The number of nitrogens with zero attached hydrogens (tertiary/aromatic N) is 1. The second-order valence-corrected chi connectivity index (χ2v) is 5.48. The van der Waals surface area contributed by atoms with E-state index in [0.29, 0.717) is 6.61 Å². The molecule has 0 aliphatic heterocycles. The number of benzene rings is 1. The zero-order chi connectivity index (χ0) is 18.7. The Bertz CT molecular complexity index is 562. The van der Waals surface area contributed by atoms with Gasteiger partial charge in [-0.3, -0.25) is 14.4 Å². The molecule has 0 radical (unpaired) electrons. The number of rotatable bonds is 10. The monoisotopic (exact) mass is 350 g/mol.